The van der Waals surface area contributed by atoms with E-state index in [1.165, 1.54) is 4.68 Å². The molecule has 6 heteroatoms. The van der Waals surface area contributed by atoms with Gasteiger partial charge in [0.1, 0.15) is 0 Å². The molecule has 0 aliphatic carbocycles. The largest absolute Gasteiger partial charge is 0.389 e. The highest BCUT2D eigenvalue weighted by Gasteiger charge is 2.20. The number of aliphatic hydroxyl groups is 1. The molecule has 0 spiro atoms. The lowest BCUT2D eigenvalue weighted by molar-refractivity contribution is 0.00757. The van der Waals surface area contributed by atoms with E-state index in [1.807, 2.05) is 30.3 Å². The van der Waals surface area contributed by atoms with E-state index >= 15 is 0 Å². The zero-order valence-corrected chi connectivity index (χ0v) is 13.9. The highest BCUT2D eigenvalue weighted by molar-refractivity contribution is 5.20. The lowest BCUT2D eigenvalue weighted by atomic mass is 10.1. The van der Waals surface area contributed by atoms with E-state index in [0.29, 0.717) is 26.3 Å². The molecule has 24 heavy (non-hydrogen) atoms. The lowest BCUT2D eigenvalue weighted by Crippen LogP contribution is -2.39. The summed E-state index contributed by atoms with van der Waals surface area (Å²) in [7, 11) is 1.67. The predicted octanol–water partition coefficient (Wildman–Crippen LogP) is 0.716. The zero-order chi connectivity index (χ0) is 16.9. The Morgan fingerprint density at radius 2 is 2.12 bits per heavy atom. The topological polar surface area (TPSA) is 67.6 Å². The number of ether oxygens (including phenoxy) is 1. The fourth-order valence-corrected chi connectivity index (χ4v) is 2.95. The molecule has 6 nitrogen and oxygen atoms in total. The smallest absolute Gasteiger partial charge is 0.266 e. The summed E-state index contributed by atoms with van der Waals surface area (Å²) in [5.74, 6) is 0. The first kappa shape index (κ1) is 16.8. The van der Waals surface area contributed by atoms with Crippen molar-refractivity contribution < 1.29 is 9.84 Å². The fraction of sp³-hybridized carbons (Fsp3) is 0.444. The predicted molar refractivity (Wildman–Crippen MR) is 90.6 cm³/mol. The van der Waals surface area contributed by atoms with Crippen molar-refractivity contribution in [3.05, 3.63) is 63.6 Å². The number of aliphatic hydroxyl groups excluding tert-OH is 1. The summed E-state index contributed by atoms with van der Waals surface area (Å²) >= 11 is 0. The van der Waals surface area contributed by atoms with Gasteiger partial charge in [0.15, 0.2) is 0 Å². The van der Waals surface area contributed by atoms with Crippen LogP contribution in [0, 0.1) is 0 Å². The molecule has 1 aromatic carbocycles. The minimum atomic E-state index is -0.547. The molecule has 1 unspecified atom stereocenters. The van der Waals surface area contributed by atoms with Crippen molar-refractivity contribution in [2.45, 2.75) is 25.7 Å². The summed E-state index contributed by atoms with van der Waals surface area (Å²) in [6, 6.07) is 11.6. The molecule has 1 aliphatic rings. The monoisotopic (exact) mass is 329 g/mol. The minimum absolute atomic E-state index is 0.0951. The molecule has 1 aromatic heterocycles. The van der Waals surface area contributed by atoms with Gasteiger partial charge in [-0.3, -0.25) is 9.69 Å². The van der Waals surface area contributed by atoms with Crippen molar-refractivity contribution in [2.24, 2.45) is 7.05 Å². The van der Waals surface area contributed by atoms with Crippen molar-refractivity contribution in [2.75, 3.05) is 19.7 Å². The Morgan fingerprint density at radius 1 is 1.33 bits per heavy atom. The van der Waals surface area contributed by atoms with E-state index < -0.39 is 6.10 Å². The molecule has 0 amide bonds. The number of aromatic nitrogens is 2. The van der Waals surface area contributed by atoms with Gasteiger partial charge in [0, 0.05) is 39.2 Å². The zero-order valence-electron chi connectivity index (χ0n) is 13.9. The molecule has 3 rings (SSSR count). The highest BCUT2D eigenvalue weighted by Crippen LogP contribution is 2.15. The summed E-state index contributed by atoms with van der Waals surface area (Å²) in [6.45, 7) is 2.80. The highest BCUT2D eigenvalue weighted by atomic mass is 16.5. The van der Waals surface area contributed by atoms with Gasteiger partial charge in [0.25, 0.3) is 5.56 Å². The van der Waals surface area contributed by atoms with Crippen LogP contribution in [0.3, 0.4) is 0 Å². The molecule has 0 saturated carbocycles. The molecule has 2 heterocycles. The minimum Gasteiger partial charge on any atom is -0.389 e. The van der Waals surface area contributed by atoms with Crippen molar-refractivity contribution in [3.63, 3.8) is 0 Å². The standard InChI is InChI=1S/C18H23N3O3/c1-20-18(23)9-15-10-21(8-7-17(15)19-20)11-16(22)13-24-12-14-5-3-2-4-6-14/h2-6,9,16,22H,7-8,10-13H2,1H3. The van der Waals surface area contributed by atoms with Gasteiger partial charge in [-0.1, -0.05) is 30.3 Å². The third-order valence-electron chi connectivity index (χ3n) is 4.21. The first-order chi connectivity index (χ1) is 11.6. The number of hydrogen-bond acceptors (Lipinski definition) is 5. The average Bonchev–Trinajstić information content (AvgIpc) is 2.57. The summed E-state index contributed by atoms with van der Waals surface area (Å²) < 4.78 is 6.96. The average molecular weight is 329 g/mol. The molecular formula is C18H23N3O3. The number of hydrogen-bond donors (Lipinski definition) is 1. The normalized spacial score (nSPS) is 15.9. The Hall–Kier alpha value is -2.02. The van der Waals surface area contributed by atoms with Crippen LogP contribution < -0.4 is 5.56 Å². The maximum atomic E-state index is 11.7. The molecule has 0 fully saturated rings. The van der Waals surface area contributed by atoms with Crippen LogP contribution in [0.5, 0.6) is 0 Å². The maximum absolute atomic E-state index is 11.7. The van der Waals surface area contributed by atoms with Gasteiger partial charge in [-0.25, -0.2) is 4.68 Å². The second-order valence-electron chi connectivity index (χ2n) is 6.22. The summed E-state index contributed by atoms with van der Waals surface area (Å²) in [6.07, 6.45) is 0.246. The van der Waals surface area contributed by atoms with Crippen LogP contribution in [-0.2, 0) is 31.4 Å². The Balaban J connectivity index is 1.48. The molecule has 1 aliphatic heterocycles. The Kier molecular flexibility index (Phi) is 5.40. The maximum Gasteiger partial charge on any atom is 0.266 e. The van der Waals surface area contributed by atoms with Gasteiger partial charge in [0.2, 0.25) is 0 Å². The third kappa shape index (κ3) is 4.29. The van der Waals surface area contributed by atoms with E-state index in [4.69, 9.17) is 4.74 Å². The van der Waals surface area contributed by atoms with Crippen molar-refractivity contribution >= 4 is 0 Å². The number of β-amino-alcohol motifs (C(OH)–C–C–N with tert-alkyl or cyclic N) is 1. The Morgan fingerprint density at radius 3 is 2.92 bits per heavy atom. The molecule has 2 aromatic rings. The first-order valence-electron chi connectivity index (χ1n) is 8.20. The quantitative estimate of drug-likeness (QED) is 0.846. The van der Waals surface area contributed by atoms with Crippen LogP contribution in [0.25, 0.3) is 0 Å². The van der Waals surface area contributed by atoms with Crippen LogP contribution in [0.2, 0.25) is 0 Å². The van der Waals surface area contributed by atoms with E-state index in [9.17, 15) is 9.90 Å². The lowest BCUT2D eigenvalue weighted by Gasteiger charge is -2.29. The van der Waals surface area contributed by atoms with Gasteiger partial charge in [-0.15, -0.1) is 0 Å². The number of aryl methyl sites for hydroxylation is 1. The van der Waals surface area contributed by atoms with E-state index in [1.54, 1.807) is 13.1 Å². The van der Waals surface area contributed by atoms with E-state index in [-0.39, 0.29) is 5.56 Å². The Labute approximate surface area is 141 Å². The number of nitrogens with zero attached hydrogens (tertiary/aromatic N) is 3. The molecule has 1 atom stereocenters. The molecule has 1 N–H and O–H groups in total. The molecule has 0 saturated heterocycles. The summed E-state index contributed by atoms with van der Waals surface area (Å²) in [5, 5.41) is 14.5. The first-order valence-corrected chi connectivity index (χ1v) is 8.20. The second kappa shape index (κ2) is 7.70. The SMILES string of the molecule is Cn1nc2c(cc1=O)CN(CC(O)COCc1ccccc1)CC2. The molecular weight excluding hydrogens is 306 g/mol. The van der Waals surface area contributed by atoms with Crippen LogP contribution in [0.15, 0.2) is 41.2 Å². The van der Waals surface area contributed by atoms with E-state index in [0.717, 1.165) is 29.8 Å². The van der Waals surface area contributed by atoms with Crippen LogP contribution in [0.1, 0.15) is 16.8 Å². The van der Waals surface area contributed by atoms with Gasteiger partial charge in [-0.05, 0) is 11.1 Å². The van der Waals surface area contributed by atoms with Gasteiger partial charge < -0.3 is 9.84 Å². The van der Waals surface area contributed by atoms with Crippen LogP contribution in [-0.4, -0.2) is 45.6 Å². The van der Waals surface area contributed by atoms with Gasteiger partial charge in [0.05, 0.1) is 25.0 Å². The van der Waals surface area contributed by atoms with Crippen molar-refractivity contribution in [1.82, 2.24) is 14.7 Å². The second-order valence-corrected chi connectivity index (χ2v) is 6.22. The number of fused-ring (bicyclic) bond motifs is 1. The summed E-state index contributed by atoms with van der Waals surface area (Å²) in [5.41, 5.74) is 2.94. The molecule has 0 radical (unpaired) electrons. The Bertz CT molecular complexity index is 730. The summed E-state index contributed by atoms with van der Waals surface area (Å²) in [4.78, 5) is 13.8. The van der Waals surface area contributed by atoms with Gasteiger partial charge >= 0.3 is 0 Å². The van der Waals surface area contributed by atoms with Crippen molar-refractivity contribution in [1.29, 1.82) is 0 Å². The van der Waals surface area contributed by atoms with E-state index in [2.05, 4.69) is 10.00 Å². The fourth-order valence-electron chi connectivity index (χ4n) is 2.95. The number of benzene rings is 1. The third-order valence-corrected chi connectivity index (χ3v) is 4.21. The number of rotatable bonds is 6. The van der Waals surface area contributed by atoms with Crippen LogP contribution >= 0.6 is 0 Å². The van der Waals surface area contributed by atoms with Crippen LogP contribution in [0.4, 0.5) is 0 Å². The van der Waals surface area contributed by atoms with Gasteiger partial charge in [-0.2, -0.15) is 5.10 Å². The van der Waals surface area contributed by atoms with Crippen molar-refractivity contribution in [3.8, 4) is 0 Å². The molecule has 128 valence electrons. The molecule has 0 bridgehead atoms.